The van der Waals surface area contributed by atoms with E-state index >= 15 is 0 Å². The van der Waals surface area contributed by atoms with E-state index in [1.54, 1.807) is 26.0 Å². The number of aromatic hydroxyl groups is 1. The topological polar surface area (TPSA) is 162 Å². The Morgan fingerprint density at radius 3 is 2.20 bits per heavy atom. The Bertz CT molecular complexity index is 904. The maximum Gasteiger partial charge on any atom is 0.326 e. The lowest BCUT2D eigenvalue weighted by atomic mass is 9.95. The Labute approximate surface area is 206 Å². The van der Waals surface area contributed by atoms with Crippen LogP contribution in [0.2, 0.25) is 0 Å². The summed E-state index contributed by atoms with van der Waals surface area (Å²) in [6, 6.07) is 2.70. The molecule has 5 unspecified atom stereocenters. The van der Waals surface area contributed by atoms with E-state index in [1.165, 1.54) is 17.0 Å². The average molecular weight is 491 g/mol. The molecule has 1 aromatic carbocycles. The highest BCUT2D eigenvalue weighted by atomic mass is 16.4. The Balaban J connectivity index is 2.11. The molecule has 1 heterocycles. The van der Waals surface area contributed by atoms with Crippen LogP contribution < -0.4 is 16.4 Å². The Hall–Kier alpha value is -3.14. The highest BCUT2D eigenvalue weighted by Crippen LogP contribution is 2.21. The summed E-state index contributed by atoms with van der Waals surface area (Å²) in [7, 11) is 0. The van der Waals surface area contributed by atoms with Crippen LogP contribution in [0.1, 0.15) is 52.5 Å². The lowest BCUT2D eigenvalue weighted by molar-refractivity contribution is -0.150. The van der Waals surface area contributed by atoms with E-state index in [0.717, 1.165) is 5.56 Å². The van der Waals surface area contributed by atoms with Crippen molar-refractivity contribution in [3.05, 3.63) is 29.8 Å². The Kier molecular flexibility index (Phi) is 10.1. The standard InChI is InChI=1S/C25H38N4O6/c1-5-15(4)21(24(33)29-12-6-7-19(29)25(34)35)28-23(32)20(14(2)3)27-22(31)18(26)13-16-8-10-17(30)11-9-16/h8-11,14-15,18-21,30H,5-7,12-13,26H2,1-4H3,(H,27,31)(H,28,32)(H,34,35). The van der Waals surface area contributed by atoms with Crippen LogP contribution in [0.15, 0.2) is 24.3 Å². The number of phenolic OH excluding ortho intramolecular Hbond substituents is 1. The first-order chi connectivity index (χ1) is 16.5. The molecular formula is C25H38N4O6. The molecular weight excluding hydrogens is 452 g/mol. The van der Waals surface area contributed by atoms with Crippen LogP contribution in [0.4, 0.5) is 0 Å². The molecule has 0 aliphatic carbocycles. The normalized spacial score (nSPS) is 19.0. The minimum absolute atomic E-state index is 0.109. The molecule has 6 N–H and O–H groups in total. The van der Waals surface area contributed by atoms with Gasteiger partial charge in [0.15, 0.2) is 0 Å². The van der Waals surface area contributed by atoms with Gasteiger partial charge in [0.25, 0.3) is 0 Å². The zero-order valence-corrected chi connectivity index (χ0v) is 20.9. The third-order valence-electron chi connectivity index (χ3n) is 6.57. The van der Waals surface area contributed by atoms with Gasteiger partial charge >= 0.3 is 5.97 Å². The van der Waals surface area contributed by atoms with Crippen molar-refractivity contribution in [1.29, 1.82) is 0 Å². The molecule has 1 aromatic rings. The van der Waals surface area contributed by atoms with Crippen molar-refractivity contribution in [2.24, 2.45) is 17.6 Å². The number of rotatable bonds is 11. The quantitative estimate of drug-likeness (QED) is 0.309. The number of nitrogens with zero attached hydrogens (tertiary/aromatic N) is 1. The summed E-state index contributed by atoms with van der Waals surface area (Å²) in [5, 5.41) is 24.4. The monoisotopic (exact) mass is 490 g/mol. The molecule has 35 heavy (non-hydrogen) atoms. The number of phenols is 1. The number of carboxylic acids is 1. The minimum atomic E-state index is -1.06. The smallest absolute Gasteiger partial charge is 0.326 e. The fourth-order valence-electron chi connectivity index (χ4n) is 4.17. The van der Waals surface area contributed by atoms with Gasteiger partial charge in [0.2, 0.25) is 17.7 Å². The number of benzene rings is 1. The van der Waals surface area contributed by atoms with Crippen molar-refractivity contribution < 1.29 is 29.4 Å². The first kappa shape index (κ1) is 28.1. The number of carbonyl (C=O) groups excluding carboxylic acids is 3. The minimum Gasteiger partial charge on any atom is -0.508 e. The van der Waals surface area contributed by atoms with E-state index < -0.39 is 47.9 Å². The predicted octanol–water partition coefficient (Wildman–Crippen LogP) is 1.01. The molecule has 1 saturated heterocycles. The van der Waals surface area contributed by atoms with Crippen LogP contribution in [0.3, 0.4) is 0 Å². The lowest BCUT2D eigenvalue weighted by Crippen LogP contribution is -2.60. The number of nitrogens with two attached hydrogens (primary N) is 1. The van der Waals surface area contributed by atoms with Crippen LogP contribution in [-0.2, 0) is 25.6 Å². The molecule has 2 rings (SSSR count). The number of amides is 3. The van der Waals surface area contributed by atoms with Gasteiger partial charge in [0, 0.05) is 6.54 Å². The number of likely N-dealkylation sites (tertiary alicyclic amines) is 1. The van der Waals surface area contributed by atoms with Crippen molar-refractivity contribution in [3.8, 4) is 5.75 Å². The number of carboxylic acid groups (broad SMARTS) is 1. The second-order valence-corrected chi connectivity index (χ2v) is 9.61. The zero-order valence-electron chi connectivity index (χ0n) is 20.9. The fourth-order valence-corrected chi connectivity index (χ4v) is 4.17. The van der Waals surface area contributed by atoms with Crippen molar-refractivity contribution in [2.45, 2.75) is 77.5 Å². The summed E-state index contributed by atoms with van der Waals surface area (Å²) in [6.07, 6.45) is 1.79. The van der Waals surface area contributed by atoms with Gasteiger partial charge in [-0.25, -0.2) is 4.79 Å². The molecule has 0 radical (unpaired) electrons. The first-order valence-corrected chi connectivity index (χ1v) is 12.1. The van der Waals surface area contributed by atoms with E-state index in [-0.39, 0.29) is 24.0 Å². The highest BCUT2D eigenvalue weighted by molar-refractivity contribution is 5.94. The maximum atomic E-state index is 13.3. The third kappa shape index (κ3) is 7.42. The van der Waals surface area contributed by atoms with Gasteiger partial charge in [0.1, 0.15) is 23.9 Å². The van der Waals surface area contributed by atoms with E-state index in [9.17, 15) is 29.4 Å². The molecule has 1 aliphatic heterocycles. The summed E-state index contributed by atoms with van der Waals surface area (Å²) in [5.41, 5.74) is 6.82. The van der Waals surface area contributed by atoms with E-state index in [0.29, 0.717) is 25.8 Å². The maximum absolute atomic E-state index is 13.3. The van der Waals surface area contributed by atoms with E-state index in [1.807, 2.05) is 13.8 Å². The fraction of sp³-hybridized carbons (Fsp3) is 0.600. The summed E-state index contributed by atoms with van der Waals surface area (Å²) in [6.45, 7) is 7.59. The van der Waals surface area contributed by atoms with Crippen molar-refractivity contribution in [1.82, 2.24) is 15.5 Å². The number of hydrogen-bond donors (Lipinski definition) is 5. The third-order valence-corrected chi connectivity index (χ3v) is 6.57. The second kappa shape index (κ2) is 12.5. The Morgan fingerprint density at radius 2 is 1.66 bits per heavy atom. The van der Waals surface area contributed by atoms with E-state index in [4.69, 9.17) is 5.73 Å². The molecule has 0 spiro atoms. The highest BCUT2D eigenvalue weighted by Gasteiger charge is 2.40. The van der Waals surface area contributed by atoms with E-state index in [2.05, 4.69) is 10.6 Å². The lowest BCUT2D eigenvalue weighted by Gasteiger charge is -2.32. The van der Waals surface area contributed by atoms with Crippen LogP contribution in [-0.4, -0.2) is 69.5 Å². The summed E-state index contributed by atoms with van der Waals surface area (Å²) in [5.74, 6) is -2.92. The van der Waals surface area contributed by atoms with Gasteiger partial charge in [-0.2, -0.15) is 0 Å². The molecule has 5 atom stereocenters. The number of aliphatic carboxylic acids is 1. The second-order valence-electron chi connectivity index (χ2n) is 9.61. The van der Waals surface area contributed by atoms with Gasteiger partial charge in [-0.3, -0.25) is 14.4 Å². The van der Waals surface area contributed by atoms with Crippen molar-refractivity contribution in [2.75, 3.05) is 6.54 Å². The molecule has 0 bridgehead atoms. The van der Waals surface area contributed by atoms with Gasteiger partial charge in [-0.15, -0.1) is 0 Å². The number of hydrogen-bond acceptors (Lipinski definition) is 6. The van der Waals surface area contributed by atoms with Gasteiger partial charge in [0.05, 0.1) is 6.04 Å². The van der Waals surface area contributed by atoms with Gasteiger partial charge < -0.3 is 31.5 Å². The summed E-state index contributed by atoms with van der Waals surface area (Å²) < 4.78 is 0. The molecule has 10 heteroatoms. The van der Waals surface area contributed by atoms with Crippen molar-refractivity contribution >= 4 is 23.7 Å². The van der Waals surface area contributed by atoms with Gasteiger partial charge in [-0.1, -0.05) is 46.2 Å². The molecule has 0 aromatic heterocycles. The SMILES string of the molecule is CCC(C)C(NC(=O)C(NC(=O)C(N)Cc1ccc(O)cc1)C(C)C)C(=O)N1CCCC1C(=O)O. The molecule has 1 aliphatic rings. The summed E-state index contributed by atoms with van der Waals surface area (Å²) >= 11 is 0. The molecule has 3 amide bonds. The predicted molar refractivity (Wildman–Crippen MR) is 130 cm³/mol. The van der Waals surface area contributed by atoms with Crippen LogP contribution in [0.5, 0.6) is 5.75 Å². The van der Waals surface area contributed by atoms with Gasteiger partial charge in [-0.05, 0) is 48.8 Å². The summed E-state index contributed by atoms with van der Waals surface area (Å²) in [4.78, 5) is 52.2. The first-order valence-electron chi connectivity index (χ1n) is 12.1. The van der Waals surface area contributed by atoms with Crippen molar-refractivity contribution in [3.63, 3.8) is 0 Å². The Morgan fingerprint density at radius 1 is 1.06 bits per heavy atom. The van der Waals surface area contributed by atoms with Crippen LogP contribution in [0, 0.1) is 11.8 Å². The average Bonchev–Trinajstić information content (AvgIpc) is 3.31. The zero-order chi connectivity index (χ0) is 26.3. The van der Waals surface area contributed by atoms with Crippen LogP contribution >= 0.6 is 0 Å². The molecule has 194 valence electrons. The number of nitrogens with one attached hydrogen (secondary N) is 2. The molecule has 10 nitrogen and oxygen atoms in total. The molecule has 0 saturated carbocycles. The van der Waals surface area contributed by atoms with Crippen LogP contribution in [0.25, 0.3) is 0 Å². The largest absolute Gasteiger partial charge is 0.508 e. The molecule has 1 fully saturated rings. The number of carbonyl (C=O) groups is 4.